The normalized spacial score (nSPS) is 10.3. The Morgan fingerprint density at radius 1 is 1.33 bits per heavy atom. The molecule has 0 spiro atoms. The molecule has 0 saturated carbocycles. The fourth-order valence-corrected chi connectivity index (χ4v) is 2.05. The standard InChI is InChI=1S/C11H9ClFNS/c12-10-3-1-2-8(11(10)13)6-14-9-4-5-15-7-9/h1-5,7,14H,6H2. The summed E-state index contributed by atoms with van der Waals surface area (Å²) in [6, 6.07) is 6.97. The van der Waals surface area contributed by atoms with E-state index in [-0.39, 0.29) is 10.8 Å². The van der Waals surface area contributed by atoms with Crippen molar-refractivity contribution in [1.29, 1.82) is 0 Å². The molecular weight excluding hydrogens is 233 g/mol. The molecule has 1 aromatic carbocycles. The highest BCUT2D eigenvalue weighted by Gasteiger charge is 2.05. The molecule has 0 bridgehead atoms. The number of hydrogen-bond donors (Lipinski definition) is 1. The van der Waals surface area contributed by atoms with Gasteiger partial charge in [0.15, 0.2) is 0 Å². The van der Waals surface area contributed by atoms with Crippen molar-refractivity contribution in [2.45, 2.75) is 6.54 Å². The first-order valence-corrected chi connectivity index (χ1v) is 5.78. The second kappa shape index (κ2) is 4.64. The van der Waals surface area contributed by atoms with Gasteiger partial charge in [-0.2, -0.15) is 11.3 Å². The van der Waals surface area contributed by atoms with Crippen molar-refractivity contribution in [3.63, 3.8) is 0 Å². The minimum atomic E-state index is -0.345. The van der Waals surface area contributed by atoms with Crippen LogP contribution in [0, 0.1) is 5.82 Å². The summed E-state index contributed by atoms with van der Waals surface area (Å²) in [6.45, 7) is 0.448. The summed E-state index contributed by atoms with van der Waals surface area (Å²) < 4.78 is 13.5. The van der Waals surface area contributed by atoms with Crippen LogP contribution in [0.1, 0.15) is 5.56 Å². The van der Waals surface area contributed by atoms with E-state index < -0.39 is 0 Å². The lowest BCUT2D eigenvalue weighted by Gasteiger charge is -2.06. The number of hydrogen-bond acceptors (Lipinski definition) is 2. The maximum absolute atomic E-state index is 13.5. The van der Waals surface area contributed by atoms with Crippen molar-refractivity contribution in [1.82, 2.24) is 0 Å². The highest BCUT2D eigenvalue weighted by Crippen LogP contribution is 2.19. The smallest absolute Gasteiger partial charge is 0.146 e. The largest absolute Gasteiger partial charge is 0.380 e. The van der Waals surface area contributed by atoms with Gasteiger partial charge < -0.3 is 5.32 Å². The Morgan fingerprint density at radius 2 is 2.20 bits per heavy atom. The predicted molar refractivity (Wildman–Crippen MR) is 63.1 cm³/mol. The molecule has 0 radical (unpaired) electrons. The summed E-state index contributed by atoms with van der Waals surface area (Å²) in [5.74, 6) is -0.345. The van der Waals surface area contributed by atoms with Gasteiger partial charge in [0.1, 0.15) is 5.82 Å². The molecule has 1 aromatic heterocycles. The summed E-state index contributed by atoms with van der Waals surface area (Å²) in [4.78, 5) is 0. The van der Waals surface area contributed by atoms with Gasteiger partial charge in [-0.25, -0.2) is 4.39 Å². The van der Waals surface area contributed by atoms with E-state index in [1.54, 1.807) is 29.5 Å². The molecule has 15 heavy (non-hydrogen) atoms. The third-order valence-electron chi connectivity index (χ3n) is 2.04. The molecule has 1 N–H and O–H groups in total. The first kappa shape index (κ1) is 10.5. The Labute approximate surface area is 96.5 Å². The predicted octanol–water partition coefficient (Wildman–Crippen LogP) is 4.15. The molecule has 0 saturated heterocycles. The van der Waals surface area contributed by atoms with Crippen LogP contribution in [-0.4, -0.2) is 0 Å². The molecule has 0 fully saturated rings. The van der Waals surface area contributed by atoms with Crippen LogP contribution in [0.3, 0.4) is 0 Å². The zero-order valence-electron chi connectivity index (χ0n) is 7.84. The van der Waals surface area contributed by atoms with Crippen LogP contribution >= 0.6 is 22.9 Å². The monoisotopic (exact) mass is 241 g/mol. The van der Waals surface area contributed by atoms with Crippen molar-refractivity contribution in [3.8, 4) is 0 Å². The number of benzene rings is 1. The lowest BCUT2D eigenvalue weighted by atomic mass is 10.2. The van der Waals surface area contributed by atoms with E-state index in [0.717, 1.165) is 5.69 Å². The molecule has 4 heteroatoms. The van der Waals surface area contributed by atoms with Gasteiger partial charge in [0.2, 0.25) is 0 Å². The Kier molecular flexibility index (Phi) is 3.23. The first-order chi connectivity index (χ1) is 7.27. The molecule has 2 rings (SSSR count). The average molecular weight is 242 g/mol. The first-order valence-electron chi connectivity index (χ1n) is 4.46. The van der Waals surface area contributed by atoms with Crippen LogP contribution in [-0.2, 0) is 6.54 Å². The van der Waals surface area contributed by atoms with Crippen molar-refractivity contribution in [3.05, 3.63) is 51.4 Å². The molecule has 1 nitrogen and oxygen atoms in total. The molecule has 1 heterocycles. The molecule has 0 aliphatic rings. The Bertz CT molecular complexity index is 442. The summed E-state index contributed by atoms with van der Waals surface area (Å²) in [6.07, 6.45) is 0. The number of nitrogens with one attached hydrogen (secondary N) is 1. The van der Waals surface area contributed by atoms with E-state index in [1.807, 2.05) is 16.8 Å². The number of halogens is 2. The van der Waals surface area contributed by atoms with Crippen molar-refractivity contribution in [2.75, 3.05) is 5.32 Å². The topological polar surface area (TPSA) is 12.0 Å². The molecule has 0 aliphatic carbocycles. The van der Waals surface area contributed by atoms with Crippen LogP contribution in [0.4, 0.5) is 10.1 Å². The lowest BCUT2D eigenvalue weighted by Crippen LogP contribution is -2.00. The quantitative estimate of drug-likeness (QED) is 0.851. The second-order valence-electron chi connectivity index (χ2n) is 3.08. The summed E-state index contributed by atoms with van der Waals surface area (Å²) in [5, 5.41) is 7.23. The molecule has 78 valence electrons. The third-order valence-corrected chi connectivity index (χ3v) is 3.01. The van der Waals surface area contributed by atoms with Gasteiger partial charge in [-0.05, 0) is 17.5 Å². The molecule has 0 amide bonds. The Morgan fingerprint density at radius 3 is 2.93 bits per heavy atom. The van der Waals surface area contributed by atoms with Crippen LogP contribution in [0.5, 0.6) is 0 Å². The average Bonchev–Trinajstić information content (AvgIpc) is 2.73. The SMILES string of the molecule is Fc1c(Cl)cccc1CNc1ccsc1. The Hall–Kier alpha value is -1.06. The van der Waals surface area contributed by atoms with Gasteiger partial charge >= 0.3 is 0 Å². The molecule has 0 atom stereocenters. The minimum absolute atomic E-state index is 0.166. The summed E-state index contributed by atoms with van der Waals surface area (Å²) >= 11 is 7.27. The highest BCUT2D eigenvalue weighted by atomic mass is 35.5. The molecule has 0 aliphatic heterocycles. The molecule has 0 unspecified atom stereocenters. The lowest BCUT2D eigenvalue weighted by molar-refractivity contribution is 0.613. The van der Waals surface area contributed by atoms with Gasteiger partial charge in [-0.1, -0.05) is 23.7 Å². The van der Waals surface area contributed by atoms with Crippen molar-refractivity contribution in [2.24, 2.45) is 0 Å². The molecule has 2 aromatic rings. The van der Waals surface area contributed by atoms with Crippen LogP contribution < -0.4 is 5.32 Å². The second-order valence-corrected chi connectivity index (χ2v) is 4.27. The maximum atomic E-state index is 13.5. The summed E-state index contributed by atoms with van der Waals surface area (Å²) in [5.41, 5.74) is 1.58. The fraction of sp³-hybridized carbons (Fsp3) is 0.0909. The van der Waals surface area contributed by atoms with E-state index in [9.17, 15) is 4.39 Å². The van der Waals surface area contributed by atoms with E-state index in [2.05, 4.69) is 5.32 Å². The highest BCUT2D eigenvalue weighted by molar-refractivity contribution is 7.08. The van der Waals surface area contributed by atoms with Crippen molar-refractivity contribution < 1.29 is 4.39 Å². The van der Waals surface area contributed by atoms with Gasteiger partial charge in [-0.15, -0.1) is 0 Å². The van der Waals surface area contributed by atoms with Crippen LogP contribution in [0.25, 0.3) is 0 Å². The minimum Gasteiger partial charge on any atom is -0.380 e. The van der Waals surface area contributed by atoms with Gasteiger partial charge in [0.05, 0.1) is 5.02 Å². The van der Waals surface area contributed by atoms with E-state index in [4.69, 9.17) is 11.6 Å². The zero-order valence-corrected chi connectivity index (χ0v) is 9.41. The summed E-state index contributed by atoms with van der Waals surface area (Å²) in [7, 11) is 0. The number of anilines is 1. The van der Waals surface area contributed by atoms with Gasteiger partial charge in [-0.3, -0.25) is 0 Å². The van der Waals surface area contributed by atoms with E-state index >= 15 is 0 Å². The fourth-order valence-electron chi connectivity index (χ4n) is 1.25. The Balaban J connectivity index is 2.08. The zero-order chi connectivity index (χ0) is 10.7. The van der Waals surface area contributed by atoms with Gasteiger partial charge in [0, 0.05) is 23.2 Å². The third kappa shape index (κ3) is 2.49. The number of thiophene rings is 1. The van der Waals surface area contributed by atoms with Crippen LogP contribution in [0.2, 0.25) is 5.02 Å². The molecular formula is C11H9ClFNS. The van der Waals surface area contributed by atoms with Gasteiger partial charge in [0.25, 0.3) is 0 Å². The maximum Gasteiger partial charge on any atom is 0.146 e. The number of rotatable bonds is 3. The van der Waals surface area contributed by atoms with Crippen LogP contribution in [0.15, 0.2) is 35.0 Å². The van der Waals surface area contributed by atoms with E-state index in [0.29, 0.717) is 12.1 Å². The van der Waals surface area contributed by atoms with Crippen molar-refractivity contribution >= 4 is 28.6 Å². The van der Waals surface area contributed by atoms with E-state index in [1.165, 1.54) is 0 Å².